The summed E-state index contributed by atoms with van der Waals surface area (Å²) in [5.41, 5.74) is 8.45. The minimum Gasteiger partial charge on any atom is -0.399 e. The molecule has 0 heterocycles. The van der Waals surface area contributed by atoms with Gasteiger partial charge in [0.2, 0.25) is 0 Å². The van der Waals surface area contributed by atoms with E-state index >= 15 is 0 Å². The molecule has 0 amide bonds. The van der Waals surface area contributed by atoms with Gasteiger partial charge in [-0.3, -0.25) is 0 Å². The third-order valence-electron chi connectivity index (χ3n) is 2.80. The smallest absolute Gasteiger partial charge is 0.0305 e. The van der Waals surface area contributed by atoms with E-state index in [1.54, 1.807) is 6.08 Å². The maximum atomic E-state index is 5.88. The molecule has 68 valence electrons. The second-order valence-corrected chi connectivity index (χ2v) is 4.54. The predicted molar refractivity (Wildman–Crippen MR) is 53.6 cm³/mol. The molecule has 0 aromatic rings. The molecule has 1 saturated carbocycles. The SMILES string of the molecule is C=C/C(N)=C1\CC(C)CC1(C)C. The maximum Gasteiger partial charge on any atom is 0.0305 e. The quantitative estimate of drug-likeness (QED) is 0.635. The van der Waals surface area contributed by atoms with Gasteiger partial charge in [0.15, 0.2) is 0 Å². The van der Waals surface area contributed by atoms with Gasteiger partial charge in [-0.25, -0.2) is 0 Å². The van der Waals surface area contributed by atoms with Crippen LogP contribution in [0.5, 0.6) is 0 Å². The fourth-order valence-electron chi connectivity index (χ4n) is 2.32. The highest BCUT2D eigenvalue weighted by Gasteiger charge is 2.34. The molecule has 1 rings (SSSR count). The summed E-state index contributed by atoms with van der Waals surface area (Å²) in [6, 6.07) is 0. The van der Waals surface area contributed by atoms with Crippen LogP contribution < -0.4 is 5.73 Å². The number of nitrogens with two attached hydrogens (primary N) is 1. The first kappa shape index (κ1) is 9.37. The molecule has 0 spiro atoms. The lowest BCUT2D eigenvalue weighted by Crippen LogP contribution is -2.12. The van der Waals surface area contributed by atoms with Crippen LogP contribution in [0.4, 0.5) is 0 Å². The lowest BCUT2D eigenvalue weighted by molar-refractivity contribution is 0.418. The summed E-state index contributed by atoms with van der Waals surface area (Å²) in [5, 5.41) is 0. The van der Waals surface area contributed by atoms with Crippen LogP contribution in [0.2, 0.25) is 0 Å². The van der Waals surface area contributed by atoms with Crippen LogP contribution in [0.3, 0.4) is 0 Å². The van der Waals surface area contributed by atoms with Crippen LogP contribution >= 0.6 is 0 Å². The van der Waals surface area contributed by atoms with Crippen molar-refractivity contribution in [2.24, 2.45) is 17.1 Å². The zero-order chi connectivity index (χ0) is 9.35. The van der Waals surface area contributed by atoms with Gasteiger partial charge in [-0.15, -0.1) is 0 Å². The zero-order valence-corrected chi connectivity index (χ0v) is 8.35. The highest BCUT2D eigenvalue weighted by atomic mass is 14.6. The minimum absolute atomic E-state index is 0.289. The van der Waals surface area contributed by atoms with Crippen LogP contribution in [-0.4, -0.2) is 0 Å². The Morgan fingerprint density at radius 2 is 2.25 bits per heavy atom. The van der Waals surface area contributed by atoms with E-state index in [9.17, 15) is 0 Å². The average Bonchev–Trinajstić information content (AvgIpc) is 2.23. The summed E-state index contributed by atoms with van der Waals surface area (Å²) < 4.78 is 0. The molecule has 0 bridgehead atoms. The van der Waals surface area contributed by atoms with Crippen molar-refractivity contribution in [3.8, 4) is 0 Å². The van der Waals surface area contributed by atoms with Crippen molar-refractivity contribution in [2.45, 2.75) is 33.6 Å². The third-order valence-corrected chi connectivity index (χ3v) is 2.80. The van der Waals surface area contributed by atoms with Gasteiger partial charge in [-0.1, -0.05) is 27.4 Å². The van der Waals surface area contributed by atoms with Gasteiger partial charge in [-0.05, 0) is 35.8 Å². The third kappa shape index (κ3) is 1.55. The molecule has 1 unspecified atom stereocenters. The molecule has 0 radical (unpaired) electrons. The van der Waals surface area contributed by atoms with E-state index in [0.717, 1.165) is 18.0 Å². The number of rotatable bonds is 1. The molecule has 1 aliphatic carbocycles. The zero-order valence-electron chi connectivity index (χ0n) is 8.35. The van der Waals surface area contributed by atoms with Gasteiger partial charge in [0.1, 0.15) is 0 Å². The molecule has 0 aromatic carbocycles. The first-order chi connectivity index (χ1) is 5.47. The van der Waals surface area contributed by atoms with E-state index in [0.29, 0.717) is 0 Å². The summed E-state index contributed by atoms with van der Waals surface area (Å²) in [6.07, 6.45) is 4.16. The van der Waals surface area contributed by atoms with Gasteiger partial charge in [0.05, 0.1) is 0 Å². The monoisotopic (exact) mass is 165 g/mol. The van der Waals surface area contributed by atoms with Crippen LogP contribution in [0.25, 0.3) is 0 Å². The van der Waals surface area contributed by atoms with Crippen LogP contribution in [0.1, 0.15) is 33.6 Å². The molecule has 1 aliphatic rings. The first-order valence-corrected chi connectivity index (χ1v) is 4.59. The van der Waals surface area contributed by atoms with Gasteiger partial charge in [0, 0.05) is 5.70 Å². The fourth-order valence-corrected chi connectivity index (χ4v) is 2.32. The molecule has 1 atom stereocenters. The molecule has 1 nitrogen and oxygen atoms in total. The highest BCUT2D eigenvalue weighted by Crippen LogP contribution is 2.46. The van der Waals surface area contributed by atoms with Gasteiger partial charge < -0.3 is 5.73 Å². The van der Waals surface area contributed by atoms with Crippen LogP contribution in [0, 0.1) is 11.3 Å². The van der Waals surface area contributed by atoms with Crippen molar-refractivity contribution in [3.63, 3.8) is 0 Å². The summed E-state index contributed by atoms with van der Waals surface area (Å²) in [4.78, 5) is 0. The standard InChI is InChI=1S/C11H19N/c1-5-10(12)9-6-8(2)7-11(9,3)4/h5,8H,1,6-7,12H2,2-4H3/b10-9-. The molecular formula is C11H19N. The van der Waals surface area contributed by atoms with E-state index in [1.165, 1.54) is 12.0 Å². The van der Waals surface area contributed by atoms with Crippen molar-refractivity contribution in [1.82, 2.24) is 0 Å². The van der Waals surface area contributed by atoms with Crippen molar-refractivity contribution >= 4 is 0 Å². The molecule has 0 saturated heterocycles. The summed E-state index contributed by atoms with van der Waals surface area (Å²) in [5.74, 6) is 0.772. The van der Waals surface area contributed by atoms with Crippen molar-refractivity contribution in [2.75, 3.05) is 0 Å². The fraction of sp³-hybridized carbons (Fsp3) is 0.636. The normalized spacial score (nSPS) is 31.8. The lowest BCUT2D eigenvalue weighted by Gasteiger charge is -2.20. The summed E-state index contributed by atoms with van der Waals surface area (Å²) >= 11 is 0. The van der Waals surface area contributed by atoms with Crippen molar-refractivity contribution < 1.29 is 0 Å². The van der Waals surface area contributed by atoms with E-state index in [1.807, 2.05) is 0 Å². The van der Waals surface area contributed by atoms with Crippen LogP contribution in [-0.2, 0) is 0 Å². The molecular weight excluding hydrogens is 146 g/mol. The largest absolute Gasteiger partial charge is 0.399 e. The van der Waals surface area contributed by atoms with E-state index < -0.39 is 0 Å². The maximum absolute atomic E-state index is 5.88. The van der Waals surface area contributed by atoms with Gasteiger partial charge in [0.25, 0.3) is 0 Å². The Kier molecular flexibility index (Phi) is 2.31. The van der Waals surface area contributed by atoms with E-state index in [-0.39, 0.29) is 5.41 Å². The summed E-state index contributed by atoms with van der Waals surface area (Å²) in [6.45, 7) is 10.5. The molecule has 1 heteroatoms. The van der Waals surface area contributed by atoms with Crippen LogP contribution in [0.15, 0.2) is 23.9 Å². The van der Waals surface area contributed by atoms with Gasteiger partial charge >= 0.3 is 0 Å². The Hall–Kier alpha value is -0.720. The van der Waals surface area contributed by atoms with Gasteiger partial charge in [-0.2, -0.15) is 0 Å². The molecule has 0 aromatic heterocycles. The predicted octanol–water partition coefficient (Wildman–Crippen LogP) is 2.84. The topological polar surface area (TPSA) is 26.0 Å². The summed E-state index contributed by atoms with van der Waals surface area (Å²) in [7, 11) is 0. The number of allylic oxidation sites excluding steroid dienone is 2. The highest BCUT2D eigenvalue weighted by molar-refractivity contribution is 5.29. The lowest BCUT2D eigenvalue weighted by atomic mass is 9.85. The van der Waals surface area contributed by atoms with Crippen molar-refractivity contribution in [3.05, 3.63) is 23.9 Å². The molecule has 12 heavy (non-hydrogen) atoms. The average molecular weight is 165 g/mol. The van der Waals surface area contributed by atoms with Crippen molar-refractivity contribution in [1.29, 1.82) is 0 Å². The molecule has 2 N–H and O–H groups in total. The Labute approximate surface area is 75.3 Å². The Morgan fingerprint density at radius 3 is 2.58 bits per heavy atom. The van der Waals surface area contributed by atoms with E-state index in [2.05, 4.69) is 27.4 Å². The number of hydrogen-bond donors (Lipinski definition) is 1. The Morgan fingerprint density at radius 1 is 1.67 bits per heavy atom. The Bertz CT molecular complexity index is 223. The minimum atomic E-state index is 0.289. The number of hydrogen-bond acceptors (Lipinski definition) is 1. The molecule has 1 fully saturated rings. The second-order valence-electron chi connectivity index (χ2n) is 4.54. The Balaban J connectivity index is 2.99. The van der Waals surface area contributed by atoms with E-state index in [4.69, 9.17) is 5.73 Å². The molecule has 0 aliphatic heterocycles. The second kappa shape index (κ2) is 2.96. The first-order valence-electron chi connectivity index (χ1n) is 4.59.